The van der Waals surface area contributed by atoms with Gasteiger partial charge in [0.05, 0.1) is 21.2 Å². The minimum Gasteiger partial charge on any atom is -0.323 e. The molecule has 0 aromatic heterocycles. The Labute approximate surface area is 187 Å². The van der Waals surface area contributed by atoms with Crippen molar-refractivity contribution >= 4 is 48.9 Å². The van der Waals surface area contributed by atoms with E-state index in [1.54, 1.807) is 36.4 Å². The lowest BCUT2D eigenvalue weighted by atomic mass is 10.2. The summed E-state index contributed by atoms with van der Waals surface area (Å²) in [5, 5.41) is 13.8. The topological polar surface area (TPSA) is 110 Å². The van der Waals surface area contributed by atoms with Crippen LogP contribution in [0.15, 0.2) is 82.2 Å². The van der Waals surface area contributed by atoms with Gasteiger partial charge in [-0.2, -0.15) is 0 Å². The van der Waals surface area contributed by atoms with Crippen LogP contribution in [0.3, 0.4) is 0 Å². The molecular weight excluding hydrogens is 486 g/mol. The molecule has 0 fully saturated rings. The van der Waals surface area contributed by atoms with E-state index >= 15 is 0 Å². The van der Waals surface area contributed by atoms with E-state index in [0.29, 0.717) is 10.2 Å². The van der Waals surface area contributed by atoms with Crippen molar-refractivity contribution in [3.05, 3.63) is 92.9 Å². The van der Waals surface area contributed by atoms with Gasteiger partial charge < -0.3 is 5.32 Å². The molecule has 8 nitrogen and oxygen atoms in total. The Kier molecular flexibility index (Phi) is 6.71. The molecule has 0 bridgehead atoms. The lowest BCUT2D eigenvalue weighted by Gasteiger charge is -2.24. The molecule has 0 spiro atoms. The van der Waals surface area contributed by atoms with Crippen LogP contribution in [0.1, 0.15) is 5.56 Å². The van der Waals surface area contributed by atoms with Gasteiger partial charge in [0, 0.05) is 16.6 Å². The molecule has 0 aliphatic rings. The fourth-order valence-electron chi connectivity index (χ4n) is 2.80. The number of non-ortho nitro benzene ring substituents is 1. The van der Waals surface area contributed by atoms with Gasteiger partial charge in [0.15, 0.2) is 0 Å². The van der Waals surface area contributed by atoms with E-state index in [9.17, 15) is 23.3 Å². The SMILES string of the molecule is Cc1ccc(S(=O)(=O)N(CC(=O)Nc2ccccc2Br)c2cccc([N+](=O)[O-])c2)cc1. The molecule has 31 heavy (non-hydrogen) atoms. The van der Waals surface area contributed by atoms with E-state index in [4.69, 9.17) is 0 Å². The highest BCUT2D eigenvalue weighted by Crippen LogP contribution is 2.28. The number of carbonyl (C=O) groups is 1. The number of halogens is 1. The number of hydrogen-bond acceptors (Lipinski definition) is 5. The van der Waals surface area contributed by atoms with E-state index in [0.717, 1.165) is 15.9 Å². The summed E-state index contributed by atoms with van der Waals surface area (Å²) in [5.41, 5.74) is 1.07. The number of nitrogens with zero attached hydrogens (tertiary/aromatic N) is 2. The summed E-state index contributed by atoms with van der Waals surface area (Å²) in [7, 11) is -4.17. The molecule has 0 saturated carbocycles. The zero-order valence-corrected chi connectivity index (χ0v) is 18.8. The monoisotopic (exact) mass is 503 g/mol. The van der Waals surface area contributed by atoms with Crippen LogP contribution in [0, 0.1) is 17.0 Å². The average molecular weight is 504 g/mol. The second-order valence-electron chi connectivity index (χ2n) is 6.63. The summed E-state index contributed by atoms with van der Waals surface area (Å²) < 4.78 is 28.2. The summed E-state index contributed by atoms with van der Waals surface area (Å²) in [6.07, 6.45) is 0. The van der Waals surface area contributed by atoms with Crippen molar-refractivity contribution in [1.29, 1.82) is 0 Å². The van der Waals surface area contributed by atoms with Crippen LogP contribution in [0.5, 0.6) is 0 Å². The van der Waals surface area contributed by atoms with Crippen LogP contribution in [-0.4, -0.2) is 25.8 Å². The number of benzene rings is 3. The zero-order valence-electron chi connectivity index (χ0n) is 16.4. The van der Waals surface area contributed by atoms with Crippen molar-refractivity contribution < 1.29 is 18.1 Å². The molecule has 0 atom stereocenters. The largest absolute Gasteiger partial charge is 0.323 e. The Morgan fingerprint density at radius 1 is 1.06 bits per heavy atom. The van der Waals surface area contributed by atoms with Crippen LogP contribution in [0.4, 0.5) is 17.1 Å². The fourth-order valence-corrected chi connectivity index (χ4v) is 4.59. The molecule has 0 heterocycles. The zero-order chi connectivity index (χ0) is 22.6. The average Bonchev–Trinajstić information content (AvgIpc) is 2.74. The predicted molar refractivity (Wildman–Crippen MR) is 122 cm³/mol. The summed E-state index contributed by atoms with van der Waals surface area (Å²) in [6, 6.07) is 18.2. The number of sulfonamides is 1. The second kappa shape index (κ2) is 9.27. The van der Waals surface area contributed by atoms with E-state index in [1.807, 2.05) is 6.92 Å². The normalized spacial score (nSPS) is 11.0. The number of carbonyl (C=O) groups excluding carboxylic acids is 1. The molecule has 1 amide bonds. The van der Waals surface area contributed by atoms with E-state index in [2.05, 4.69) is 21.2 Å². The van der Waals surface area contributed by atoms with E-state index in [1.165, 1.54) is 30.3 Å². The molecule has 1 N–H and O–H groups in total. The number of para-hydroxylation sites is 1. The highest BCUT2D eigenvalue weighted by Gasteiger charge is 2.28. The van der Waals surface area contributed by atoms with Gasteiger partial charge in [-0.05, 0) is 53.2 Å². The standard InChI is InChI=1S/C21H18BrN3O5S/c1-15-9-11-18(12-10-15)31(29,30)24(16-5-4-6-17(13-16)25(27)28)14-21(26)23-20-8-3-2-7-19(20)22/h2-13H,14H2,1H3,(H,23,26). The van der Waals surface area contributed by atoms with Crippen molar-refractivity contribution in [3.63, 3.8) is 0 Å². The van der Waals surface area contributed by atoms with Gasteiger partial charge in [0.2, 0.25) is 5.91 Å². The molecule has 0 aliphatic carbocycles. The quantitative estimate of drug-likeness (QED) is 0.377. The number of hydrogen-bond donors (Lipinski definition) is 1. The van der Waals surface area contributed by atoms with Gasteiger partial charge in [-0.15, -0.1) is 0 Å². The summed E-state index contributed by atoms with van der Waals surface area (Å²) >= 11 is 3.32. The summed E-state index contributed by atoms with van der Waals surface area (Å²) in [6.45, 7) is 1.25. The van der Waals surface area contributed by atoms with Crippen molar-refractivity contribution in [2.45, 2.75) is 11.8 Å². The van der Waals surface area contributed by atoms with Crippen LogP contribution < -0.4 is 9.62 Å². The highest BCUT2D eigenvalue weighted by molar-refractivity contribution is 9.10. The lowest BCUT2D eigenvalue weighted by molar-refractivity contribution is -0.384. The Morgan fingerprint density at radius 2 is 1.74 bits per heavy atom. The maximum atomic E-state index is 13.3. The van der Waals surface area contributed by atoms with Crippen LogP contribution >= 0.6 is 15.9 Å². The Bertz CT molecular complexity index is 1230. The first-order valence-electron chi connectivity index (χ1n) is 9.07. The third kappa shape index (κ3) is 5.28. The third-order valence-corrected chi connectivity index (χ3v) is 6.85. The van der Waals surface area contributed by atoms with E-state index < -0.39 is 27.4 Å². The van der Waals surface area contributed by atoms with Crippen LogP contribution in [0.25, 0.3) is 0 Å². The van der Waals surface area contributed by atoms with Gasteiger partial charge in [-0.3, -0.25) is 19.2 Å². The number of aryl methyl sites for hydroxylation is 1. The first kappa shape index (κ1) is 22.4. The molecule has 3 aromatic carbocycles. The third-order valence-electron chi connectivity index (χ3n) is 4.37. The number of rotatable bonds is 7. The number of amides is 1. The lowest BCUT2D eigenvalue weighted by Crippen LogP contribution is -2.38. The van der Waals surface area contributed by atoms with Crippen LogP contribution in [-0.2, 0) is 14.8 Å². The van der Waals surface area contributed by atoms with Crippen molar-refractivity contribution in [1.82, 2.24) is 0 Å². The maximum absolute atomic E-state index is 13.3. The van der Waals surface area contributed by atoms with Crippen molar-refractivity contribution in [3.8, 4) is 0 Å². The smallest absolute Gasteiger partial charge is 0.271 e. The minimum absolute atomic E-state index is 0.0112. The van der Waals surface area contributed by atoms with Gasteiger partial charge in [0.25, 0.3) is 15.7 Å². The van der Waals surface area contributed by atoms with Gasteiger partial charge >= 0.3 is 0 Å². The molecule has 0 saturated heterocycles. The van der Waals surface area contributed by atoms with Crippen LogP contribution in [0.2, 0.25) is 0 Å². The Morgan fingerprint density at radius 3 is 2.39 bits per heavy atom. The maximum Gasteiger partial charge on any atom is 0.271 e. The molecule has 0 aliphatic heterocycles. The van der Waals surface area contributed by atoms with E-state index in [-0.39, 0.29) is 16.3 Å². The predicted octanol–water partition coefficient (Wildman–Crippen LogP) is 4.50. The number of nitrogens with one attached hydrogen (secondary N) is 1. The number of nitro benzene ring substituents is 1. The highest BCUT2D eigenvalue weighted by atomic mass is 79.9. The molecule has 3 aromatic rings. The Hall–Kier alpha value is -3.24. The fraction of sp³-hybridized carbons (Fsp3) is 0.0952. The second-order valence-corrected chi connectivity index (χ2v) is 9.35. The number of anilines is 2. The molecule has 160 valence electrons. The first-order chi connectivity index (χ1) is 14.7. The molecule has 3 rings (SSSR count). The van der Waals surface area contributed by atoms with Crippen molar-refractivity contribution in [2.24, 2.45) is 0 Å². The Balaban J connectivity index is 2.01. The number of nitro groups is 1. The molecule has 10 heteroatoms. The van der Waals surface area contributed by atoms with Gasteiger partial charge in [-0.25, -0.2) is 8.42 Å². The minimum atomic E-state index is -4.17. The van der Waals surface area contributed by atoms with Gasteiger partial charge in [0.1, 0.15) is 6.54 Å². The molecule has 0 radical (unpaired) electrons. The van der Waals surface area contributed by atoms with Crippen molar-refractivity contribution in [2.75, 3.05) is 16.2 Å². The van der Waals surface area contributed by atoms with Gasteiger partial charge in [-0.1, -0.05) is 35.9 Å². The molecular formula is C21H18BrN3O5S. The summed E-state index contributed by atoms with van der Waals surface area (Å²) in [4.78, 5) is 23.3. The summed E-state index contributed by atoms with van der Waals surface area (Å²) in [5.74, 6) is -0.603. The first-order valence-corrected chi connectivity index (χ1v) is 11.3. The molecule has 0 unspecified atom stereocenters.